The first-order valence-electron chi connectivity index (χ1n) is 5.01. The monoisotopic (exact) mass is 225 g/mol. The Bertz CT molecular complexity index is 349. The standard InChI is InChI=1S/C12H18O2S/c1-9(12(2,3)4)10-5-7-11(8-6-10)15(13)14/h5-9H,1-4H3,(H,13,14)/p-1. The predicted octanol–water partition coefficient (Wildman–Crippen LogP) is 3.07. The molecule has 2 nitrogen and oxygen atoms in total. The molecular weight excluding hydrogens is 208 g/mol. The minimum absolute atomic E-state index is 0.193. The van der Waals surface area contributed by atoms with Crippen molar-refractivity contribution < 1.29 is 8.76 Å². The van der Waals surface area contributed by atoms with Crippen molar-refractivity contribution in [2.24, 2.45) is 5.41 Å². The summed E-state index contributed by atoms with van der Waals surface area (Å²) in [6, 6.07) is 7.09. The highest BCUT2D eigenvalue weighted by Gasteiger charge is 2.21. The molecule has 0 spiro atoms. The summed E-state index contributed by atoms with van der Waals surface area (Å²) >= 11 is -2.12. The maximum atomic E-state index is 10.7. The summed E-state index contributed by atoms with van der Waals surface area (Å²) in [5, 5.41) is 0. The molecule has 1 rings (SSSR count). The van der Waals surface area contributed by atoms with Crippen LogP contribution < -0.4 is 0 Å². The van der Waals surface area contributed by atoms with Crippen molar-refractivity contribution in [1.29, 1.82) is 0 Å². The van der Waals surface area contributed by atoms with Crippen molar-refractivity contribution in [2.75, 3.05) is 0 Å². The Hall–Kier alpha value is -0.670. The predicted molar refractivity (Wildman–Crippen MR) is 61.5 cm³/mol. The van der Waals surface area contributed by atoms with Crippen molar-refractivity contribution in [3.63, 3.8) is 0 Å². The minimum atomic E-state index is -2.12. The summed E-state index contributed by atoms with van der Waals surface area (Å²) in [5.74, 6) is 0.409. The van der Waals surface area contributed by atoms with Crippen LogP contribution in [0.5, 0.6) is 0 Å². The zero-order valence-corrected chi connectivity index (χ0v) is 10.4. The molecule has 3 heteroatoms. The third-order valence-corrected chi connectivity index (χ3v) is 3.53. The highest BCUT2D eigenvalue weighted by Crippen LogP contribution is 2.34. The maximum absolute atomic E-state index is 10.7. The average Bonchev–Trinajstić information content (AvgIpc) is 2.15. The van der Waals surface area contributed by atoms with Crippen molar-refractivity contribution in [3.8, 4) is 0 Å². The van der Waals surface area contributed by atoms with Gasteiger partial charge in [-0.1, -0.05) is 39.8 Å². The third-order valence-electron chi connectivity index (χ3n) is 2.87. The Morgan fingerprint density at radius 2 is 1.67 bits per heavy atom. The first kappa shape index (κ1) is 12.4. The second kappa shape index (κ2) is 4.45. The molecule has 1 aromatic carbocycles. The van der Waals surface area contributed by atoms with Crippen molar-refractivity contribution >= 4 is 11.1 Å². The molecule has 0 aliphatic rings. The zero-order valence-electron chi connectivity index (χ0n) is 9.61. The van der Waals surface area contributed by atoms with Gasteiger partial charge in [-0.05, 0) is 40.1 Å². The lowest BCUT2D eigenvalue weighted by molar-refractivity contribution is 0.339. The largest absolute Gasteiger partial charge is 0.768 e. The van der Waals surface area contributed by atoms with Gasteiger partial charge in [0.25, 0.3) is 0 Å². The van der Waals surface area contributed by atoms with E-state index >= 15 is 0 Å². The smallest absolute Gasteiger partial charge is 0.0248 e. The Kier molecular flexibility index (Phi) is 3.68. The second-order valence-corrected chi connectivity index (χ2v) is 5.83. The molecule has 0 saturated carbocycles. The van der Waals surface area contributed by atoms with E-state index in [4.69, 9.17) is 0 Å². The van der Waals surface area contributed by atoms with Gasteiger partial charge >= 0.3 is 0 Å². The number of hydrogen-bond acceptors (Lipinski definition) is 2. The van der Waals surface area contributed by atoms with E-state index < -0.39 is 11.1 Å². The van der Waals surface area contributed by atoms with Crippen LogP contribution in [0.2, 0.25) is 0 Å². The first-order valence-corrected chi connectivity index (χ1v) is 6.09. The zero-order chi connectivity index (χ0) is 11.6. The average molecular weight is 225 g/mol. The Labute approximate surface area is 94.0 Å². The Balaban J connectivity index is 2.94. The summed E-state index contributed by atoms with van der Waals surface area (Å²) in [6.45, 7) is 8.69. The molecule has 0 aliphatic carbocycles. The van der Waals surface area contributed by atoms with E-state index in [9.17, 15) is 8.76 Å². The summed E-state index contributed by atoms with van der Waals surface area (Å²) < 4.78 is 21.4. The van der Waals surface area contributed by atoms with Gasteiger partial charge in [0.2, 0.25) is 0 Å². The van der Waals surface area contributed by atoms with Gasteiger partial charge in [0.1, 0.15) is 0 Å². The van der Waals surface area contributed by atoms with E-state index in [1.54, 1.807) is 12.1 Å². The molecular formula is C12H17O2S-. The lowest BCUT2D eigenvalue weighted by Gasteiger charge is -2.27. The molecule has 0 aliphatic heterocycles. The van der Waals surface area contributed by atoms with E-state index in [0.29, 0.717) is 10.8 Å². The van der Waals surface area contributed by atoms with Gasteiger partial charge in [0.05, 0.1) is 0 Å². The van der Waals surface area contributed by atoms with Gasteiger partial charge in [-0.15, -0.1) is 0 Å². The second-order valence-electron chi connectivity index (χ2n) is 4.89. The van der Waals surface area contributed by atoms with Gasteiger partial charge in [0, 0.05) is 4.90 Å². The van der Waals surface area contributed by atoms with Crippen LogP contribution in [-0.4, -0.2) is 8.76 Å². The van der Waals surface area contributed by atoms with Gasteiger partial charge < -0.3 is 4.55 Å². The van der Waals surface area contributed by atoms with Crippen LogP contribution >= 0.6 is 0 Å². The molecule has 1 aromatic rings. The molecule has 0 amide bonds. The topological polar surface area (TPSA) is 40.1 Å². The van der Waals surface area contributed by atoms with E-state index in [1.165, 1.54) is 5.56 Å². The van der Waals surface area contributed by atoms with Crippen LogP contribution in [0.1, 0.15) is 39.2 Å². The normalized spacial score (nSPS) is 16.1. The summed E-state index contributed by atoms with van der Waals surface area (Å²) in [6.07, 6.45) is 0. The van der Waals surface area contributed by atoms with Crippen LogP contribution in [0.3, 0.4) is 0 Å². The highest BCUT2D eigenvalue weighted by molar-refractivity contribution is 7.79. The first-order chi connectivity index (χ1) is 6.82. The summed E-state index contributed by atoms with van der Waals surface area (Å²) in [7, 11) is 0. The molecule has 0 aromatic heterocycles. The van der Waals surface area contributed by atoms with Gasteiger partial charge in [-0.25, -0.2) is 0 Å². The molecule has 0 saturated heterocycles. The quantitative estimate of drug-likeness (QED) is 0.726. The molecule has 2 unspecified atom stereocenters. The molecule has 0 bridgehead atoms. The van der Waals surface area contributed by atoms with E-state index in [0.717, 1.165) is 0 Å². The highest BCUT2D eigenvalue weighted by atomic mass is 32.2. The van der Waals surface area contributed by atoms with Crippen LogP contribution in [0.15, 0.2) is 29.2 Å². The maximum Gasteiger partial charge on any atom is 0.0248 e. The van der Waals surface area contributed by atoms with Crippen LogP contribution in [-0.2, 0) is 11.1 Å². The fourth-order valence-electron chi connectivity index (χ4n) is 1.37. The lowest BCUT2D eigenvalue weighted by Crippen LogP contribution is -2.15. The summed E-state index contributed by atoms with van der Waals surface area (Å²) in [4.78, 5) is 0.347. The van der Waals surface area contributed by atoms with Crippen LogP contribution in [0.4, 0.5) is 0 Å². The molecule has 0 fully saturated rings. The van der Waals surface area contributed by atoms with Crippen LogP contribution in [0.25, 0.3) is 0 Å². The van der Waals surface area contributed by atoms with Gasteiger partial charge in [-0.3, -0.25) is 4.21 Å². The van der Waals surface area contributed by atoms with Gasteiger partial charge in [-0.2, -0.15) is 0 Å². The molecule has 2 atom stereocenters. The lowest BCUT2D eigenvalue weighted by atomic mass is 9.78. The Morgan fingerprint density at radius 1 is 1.20 bits per heavy atom. The fourth-order valence-corrected chi connectivity index (χ4v) is 1.73. The van der Waals surface area contributed by atoms with Crippen molar-refractivity contribution in [2.45, 2.75) is 38.5 Å². The Morgan fingerprint density at radius 3 is 2.00 bits per heavy atom. The third kappa shape index (κ3) is 3.14. The van der Waals surface area contributed by atoms with E-state index in [1.807, 2.05) is 12.1 Å². The van der Waals surface area contributed by atoms with E-state index in [2.05, 4.69) is 27.7 Å². The number of rotatable bonds is 2. The minimum Gasteiger partial charge on any atom is -0.768 e. The van der Waals surface area contributed by atoms with Crippen molar-refractivity contribution in [3.05, 3.63) is 29.8 Å². The number of hydrogen-bond donors (Lipinski definition) is 0. The molecule has 0 heterocycles. The molecule has 0 N–H and O–H groups in total. The molecule has 15 heavy (non-hydrogen) atoms. The number of benzene rings is 1. The fraction of sp³-hybridized carbons (Fsp3) is 0.500. The van der Waals surface area contributed by atoms with Gasteiger partial charge in [0.15, 0.2) is 0 Å². The molecule has 0 radical (unpaired) electrons. The SMILES string of the molecule is CC(c1ccc(S(=O)[O-])cc1)C(C)(C)C. The molecule has 84 valence electrons. The summed E-state index contributed by atoms with van der Waals surface area (Å²) in [5.41, 5.74) is 1.37. The van der Waals surface area contributed by atoms with Crippen LogP contribution in [0, 0.1) is 5.41 Å². The van der Waals surface area contributed by atoms with Crippen molar-refractivity contribution in [1.82, 2.24) is 0 Å². The van der Waals surface area contributed by atoms with E-state index in [-0.39, 0.29) is 5.41 Å².